The molecule has 18 heavy (non-hydrogen) atoms. The van der Waals surface area contributed by atoms with Gasteiger partial charge in [0.05, 0.1) is 5.60 Å². The van der Waals surface area contributed by atoms with Crippen molar-refractivity contribution in [1.82, 2.24) is 5.32 Å². The number of nitrogens with one attached hydrogen (secondary N) is 1. The third-order valence-electron chi connectivity index (χ3n) is 4.39. The molecule has 1 fully saturated rings. The van der Waals surface area contributed by atoms with Crippen LogP contribution in [0.25, 0.3) is 0 Å². The lowest BCUT2D eigenvalue weighted by atomic mass is 9.84. The highest BCUT2D eigenvalue weighted by molar-refractivity contribution is 4.97. The Morgan fingerprint density at radius 1 is 1.17 bits per heavy atom. The maximum atomic E-state index is 6.22. The van der Waals surface area contributed by atoms with Gasteiger partial charge in [-0.25, -0.2) is 0 Å². The lowest BCUT2D eigenvalue weighted by molar-refractivity contribution is -0.0659. The molecule has 0 amide bonds. The van der Waals surface area contributed by atoms with Crippen LogP contribution in [0, 0.1) is 5.92 Å². The average Bonchev–Trinajstić information content (AvgIpc) is 2.79. The summed E-state index contributed by atoms with van der Waals surface area (Å²) in [6.45, 7) is 10.9. The van der Waals surface area contributed by atoms with E-state index >= 15 is 0 Å². The van der Waals surface area contributed by atoms with Gasteiger partial charge >= 0.3 is 0 Å². The summed E-state index contributed by atoms with van der Waals surface area (Å²) in [7, 11) is 0. The van der Waals surface area contributed by atoms with Crippen LogP contribution in [0.3, 0.4) is 0 Å². The van der Waals surface area contributed by atoms with Crippen molar-refractivity contribution in [1.29, 1.82) is 0 Å². The number of ether oxygens (including phenoxy) is 1. The summed E-state index contributed by atoms with van der Waals surface area (Å²) < 4.78 is 6.22. The molecule has 1 N–H and O–H groups in total. The molecule has 0 radical (unpaired) electrons. The fourth-order valence-electron chi connectivity index (χ4n) is 3.60. The molecule has 0 saturated heterocycles. The normalized spacial score (nSPS) is 22.0. The quantitative estimate of drug-likeness (QED) is 0.668. The molecular weight excluding hydrogens is 222 g/mol. The molecule has 1 aliphatic carbocycles. The lowest BCUT2D eigenvalue weighted by Crippen LogP contribution is -2.51. The van der Waals surface area contributed by atoms with Gasteiger partial charge in [0, 0.05) is 12.6 Å². The Morgan fingerprint density at radius 2 is 1.83 bits per heavy atom. The van der Waals surface area contributed by atoms with E-state index in [1.165, 1.54) is 44.9 Å². The predicted molar refractivity (Wildman–Crippen MR) is 79.0 cm³/mol. The first kappa shape index (κ1) is 16.0. The van der Waals surface area contributed by atoms with Crippen molar-refractivity contribution >= 4 is 0 Å². The van der Waals surface area contributed by atoms with E-state index in [1.807, 2.05) is 0 Å². The number of hydrogen-bond acceptors (Lipinski definition) is 2. The molecule has 2 unspecified atom stereocenters. The van der Waals surface area contributed by atoms with Crippen molar-refractivity contribution in [2.45, 2.75) is 84.3 Å². The van der Waals surface area contributed by atoms with Crippen LogP contribution in [0.2, 0.25) is 0 Å². The Hall–Kier alpha value is -0.0800. The maximum absolute atomic E-state index is 6.22. The second-order valence-electron chi connectivity index (χ2n) is 5.94. The highest BCUT2D eigenvalue weighted by Crippen LogP contribution is 2.38. The van der Waals surface area contributed by atoms with E-state index in [0.29, 0.717) is 6.04 Å². The Morgan fingerprint density at radius 3 is 2.33 bits per heavy atom. The van der Waals surface area contributed by atoms with Crippen LogP contribution in [0.15, 0.2) is 0 Å². The summed E-state index contributed by atoms with van der Waals surface area (Å²) in [6, 6.07) is 0.548. The first-order chi connectivity index (χ1) is 8.68. The third-order valence-corrected chi connectivity index (χ3v) is 4.39. The van der Waals surface area contributed by atoms with Gasteiger partial charge in [-0.05, 0) is 38.6 Å². The Labute approximate surface area is 114 Å². The van der Waals surface area contributed by atoms with Gasteiger partial charge in [-0.15, -0.1) is 0 Å². The highest BCUT2D eigenvalue weighted by atomic mass is 16.5. The first-order valence-corrected chi connectivity index (χ1v) is 8.05. The maximum Gasteiger partial charge on any atom is 0.0834 e. The summed E-state index contributed by atoms with van der Waals surface area (Å²) in [5, 5.41) is 3.71. The van der Waals surface area contributed by atoms with Gasteiger partial charge < -0.3 is 10.1 Å². The minimum Gasteiger partial charge on any atom is -0.374 e. The molecule has 0 aliphatic heterocycles. The van der Waals surface area contributed by atoms with Crippen molar-refractivity contribution in [3.8, 4) is 0 Å². The lowest BCUT2D eigenvalue weighted by Gasteiger charge is -2.39. The molecule has 0 aromatic carbocycles. The van der Waals surface area contributed by atoms with Crippen molar-refractivity contribution in [3.63, 3.8) is 0 Å². The smallest absolute Gasteiger partial charge is 0.0834 e. The van der Waals surface area contributed by atoms with Crippen LogP contribution in [-0.4, -0.2) is 24.8 Å². The van der Waals surface area contributed by atoms with Crippen LogP contribution in [0.1, 0.15) is 72.6 Å². The van der Waals surface area contributed by atoms with Crippen LogP contribution in [0.4, 0.5) is 0 Å². The van der Waals surface area contributed by atoms with Crippen molar-refractivity contribution in [2.24, 2.45) is 5.92 Å². The summed E-state index contributed by atoms with van der Waals surface area (Å²) >= 11 is 0. The first-order valence-electron chi connectivity index (χ1n) is 8.05. The zero-order chi connectivity index (χ0) is 13.4. The summed E-state index contributed by atoms with van der Waals surface area (Å²) in [5.74, 6) is 0.803. The molecule has 0 heterocycles. The van der Waals surface area contributed by atoms with Gasteiger partial charge in [0.1, 0.15) is 0 Å². The standard InChI is InChI=1S/C16H33NO/c1-5-10-14(4)13-15(17-6-2)16(18-7-3)11-8-9-12-16/h14-15,17H,5-13H2,1-4H3. The van der Waals surface area contributed by atoms with Crippen LogP contribution in [0.5, 0.6) is 0 Å². The molecule has 2 heteroatoms. The Kier molecular flexibility index (Phi) is 7.25. The molecule has 1 rings (SSSR count). The molecular formula is C16H33NO. The minimum atomic E-state index is 0.132. The minimum absolute atomic E-state index is 0.132. The van der Waals surface area contributed by atoms with Crippen LogP contribution >= 0.6 is 0 Å². The van der Waals surface area contributed by atoms with Gasteiger partial charge in [-0.3, -0.25) is 0 Å². The number of likely N-dealkylation sites (N-methyl/N-ethyl adjacent to an activating group) is 1. The van der Waals surface area contributed by atoms with E-state index < -0.39 is 0 Å². The van der Waals surface area contributed by atoms with E-state index in [0.717, 1.165) is 19.1 Å². The molecule has 108 valence electrons. The van der Waals surface area contributed by atoms with Crippen LogP contribution in [-0.2, 0) is 4.74 Å². The van der Waals surface area contributed by atoms with E-state index in [9.17, 15) is 0 Å². The molecule has 0 spiro atoms. The Bertz CT molecular complexity index is 211. The van der Waals surface area contributed by atoms with Crippen molar-refractivity contribution in [3.05, 3.63) is 0 Å². The summed E-state index contributed by atoms with van der Waals surface area (Å²) in [5.41, 5.74) is 0.132. The fraction of sp³-hybridized carbons (Fsp3) is 1.00. The van der Waals surface area contributed by atoms with Gasteiger partial charge in [0.25, 0.3) is 0 Å². The van der Waals surface area contributed by atoms with E-state index in [1.54, 1.807) is 0 Å². The largest absolute Gasteiger partial charge is 0.374 e. The molecule has 0 bridgehead atoms. The highest BCUT2D eigenvalue weighted by Gasteiger charge is 2.41. The van der Waals surface area contributed by atoms with Gasteiger partial charge in [-0.1, -0.05) is 46.5 Å². The van der Waals surface area contributed by atoms with Crippen molar-refractivity contribution < 1.29 is 4.74 Å². The molecule has 1 aliphatic rings. The molecule has 2 atom stereocenters. The van der Waals surface area contributed by atoms with Gasteiger partial charge in [-0.2, -0.15) is 0 Å². The monoisotopic (exact) mass is 255 g/mol. The Balaban J connectivity index is 2.67. The fourth-order valence-corrected chi connectivity index (χ4v) is 3.60. The van der Waals surface area contributed by atoms with E-state index in [4.69, 9.17) is 4.74 Å². The summed E-state index contributed by atoms with van der Waals surface area (Å²) in [4.78, 5) is 0. The van der Waals surface area contributed by atoms with Crippen LogP contribution < -0.4 is 5.32 Å². The molecule has 0 aromatic heterocycles. The van der Waals surface area contributed by atoms with E-state index in [-0.39, 0.29) is 5.60 Å². The SMILES string of the molecule is CCCC(C)CC(NCC)C1(OCC)CCCC1. The number of hydrogen-bond donors (Lipinski definition) is 1. The molecule has 2 nitrogen and oxygen atoms in total. The third kappa shape index (κ3) is 4.24. The van der Waals surface area contributed by atoms with E-state index in [2.05, 4.69) is 33.0 Å². The van der Waals surface area contributed by atoms with Crippen molar-refractivity contribution in [2.75, 3.05) is 13.2 Å². The molecule has 0 aromatic rings. The second-order valence-corrected chi connectivity index (χ2v) is 5.94. The molecule has 1 saturated carbocycles. The topological polar surface area (TPSA) is 21.3 Å². The predicted octanol–water partition coefficient (Wildman–Crippen LogP) is 4.14. The van der Waals surface area contributed by atoms with Gasteiger partial charge in [0.15, 0.2) is 0 Å². The average molecular weight is 255 g/mol. The zero-order valence-electron chi connectivity index (χ0n) is 12.9. The second kappa shape index (κ2) is 8.16. The zero-order valence-corrected chi connectivity index (χ0v) is 12.9. The number of rotatable bonds is 9. The van der Waals surface area contributed by atoms with Gasteiger partial charge in [0.2, 0.25) is 0 Å². The summed E-state index contributed by atoms with van der Waals surface area (Å²) in [6.07, 6.45) is 9.07.